The van der Waals surface area contributed by atoms with E-state index in [9.17, 15) is 14.7 Å². The Bertz CT molecular complexity index is 149. The number of carbonyl (C=O) groups excluding carboxylic acids is 2. The first kappa shape index (κ1) is 9.09. The molecule has 0 saturated heterocycles. The minimum Gasteiger partial charge on any atom is -0.548 e. The summed E-state index contributed by atoms with van der Waals surface area (Å²) in [7, 11) is 0. The first-order valence-electron chi connectivity index (χ1n) is 2.45. The minimum absolute atomic E-state index is 0.0364. The van der Waals surface area contributed by atoms with Gasteiger partial charge in [-0.3, -0.25) is 0 Å². The summed E-state index contributed by atoms with van der Waals surface area (Å²) in [4.78, 5) is 20.1. The number of carboxylic acid groups (broad SMARTS) is 1. The van der Waals surface area contributed by atoms with Crippen molar-refractivity contribution in [2.75, 3.05) is 5.75 Å². The molecule has 0 bridgehead atoms. The summed E-state index contributed by atoms with van der Waals surface area (Å²) in [5.74, 6) is -1.43. The van der Waals surface area contributed by atoms with Crippen LogP contribution >= 0.6 is 12.6 Å². The molecule has 0 aromatic carbocycles. The monoisotopic (exact) mass is 163 g/mol. The van der Waals surface area contributed by atoms with Crippen LogP contribution in [0, 0.1) is 0 Å². The molecule has 0 rings (SSSR count). The quantitative estimate of drug-likeness (QED) is 0.408. The van der Waals surface area contributed by atoms with Gasteiger partial charge in [0.05, 0.1) is 12.0 Å². The van der Waals surface area contributed by atoms with E-state index in [1.807, 2.05) is 5.32 Å². The van der Waals surface area contributed by atoms with Gasteiger partial charge in [0.2, 0.25) is 0 Å². The molecule has 0 aromatic heterocycles. The SMILES string of the molecule is NC(=O)N[C@@H](CS)C(=O)[O-]. The number of hydrogen-bond acceptors (Lipinski definition) is 4. The van der Waals surface area contributed by atoms with Crippen LogP contribution in [0.4, 0.5) is 4.79 Å². The van der Waals surface area contributed by atoms with Crippen molar-refractivity contribution < 1.29 is 14.7 Å². The van der Waals surface area contributed by atoms with E-state index in [1.165, 1.54) is 0 Å². The Morgan fingerprint density at radius 3 is 2.30 bits per heavy atom. The van der Waals surface area contributed by atoms with Gasteiger partial charge in [0, 0.05) is 5.75 Å². The predicted octanol–water partition coefficient (Wildman–Crippen LogP) is -2.30. The van der Waals surface area contributed by atoms with Gasteiger partial charge >= 0.3 is 6.03 Å². The molecule has 0 aliphatic carbocycles. The molecular formula is C4H7N2O3S-. The molecule has 0 heterocycles. The average molecular weight is 163 g/mol. The fraction of sp³-hybridized carbons (Fsp3) is 0.500. The standard InChI is InChI=1S/C4H8N2O3S/c5-4(9)6-2(1-10)3(7)8/h2,10H,1H2,(H,7,8)(H3,5,6,9)/p-1/t2-/m0/s1. The van der Waals surface area contributed by atoms with Crippen molar-refractivity contribution in [2.45, 2.75) is 6.04 Å². The van der Waals surface area contributed by atoms with E-state index in [0.717, 1.165) is 0 Å². The van der Waals surface area contributed by atoms with Crippen molar-refractivity contribution in [3.8, 4) is 0 Å². The topological polar surface area (TPSA) is 95.2 Å². The molecule has 2 amide bonds. The molecule has 3 N–H and O–H groups in total. The number of thiol groups is 1. The average Bonchev–Trinajstić information content (AvgIpc) is 1.81. The zero-order chi connectivity index (χ0) is 8.15. The Labute approximate surface area is 63.0 Å². The van der Waals surface area contributed by atoms with Crippen LogP contribution in [0.3, 0.4) is 0 Å². The van der Waals surface area contributed by atoms with Gasteiger partial charge in [0.15, 0.2) is 0 Å². The van der Waals surface area contributed by atoms with Crippen molar-refractivity contribution in [3.63, 3.8) is 0 Å². The molecule has 6 heteroatoms. The Morgan fingerprint density at radius 2 is 2.20 bits per heavy atom. The van der Waals surface area contributed by atoms with Crippen LogP contribution in [0.1, 0.15) is 0 Å². The molecule has 0 radical (unpaired) electrons. The van der Waals surface area contributed by atoms with E-state index in [2.05, 4.69) is 18.4 Å². The number of primary amides is 1. The van der Waals surface area contributed by atoms with Crippen molar-refractivity contribution in [1.29, 1.82) is 0 Å². The van der Waals surface area contributed by atoms with Crippen molar-refractivity contribution in [3.05, 3.63) is 0 Å². The number of hydrogen-bond donors (Lipinski definition) is 3. The lowest BCUT2D eigenvalue weighted by atomic mass is 10.3. The molecule has 58 valence electrons. The molecule has 5 nitrogen and oxygen atoms in total. The maximum absolute atomic E-state index is 10.1. The van der Waals surface area contributed by atoms with Gasteiger partial charge in [-0.15, -0.1) is 0 Å². The highest BCUT2D eigenvalue weighted by molar-refractivity contribution is 7.80. The molecular weight excluding hydrogens is 156 g/mol. The Kier molecular flexibility index (Phi) is 3.63. The second-order valence-corrected chi connectivity index (χ2v) is 1.93. The predicted molar refractivity (Wildman–Crippen MR) is 35.4 cm³/mol. The number of aliphatic carboxylic acids is 1. The van der Waals surface area contributed by atoms with Crippen LogP contribution in [-0.4, -0.2) is 23.8 Å². The van der Waals surface area contributed by atoms with Crippen LogP contribution in [0.2, 0.25) is 0 Å². The molecule has 10 heavy (non-hydrogen) atoms. The maximum Gasteiger partial charge on any atom is 0.312 e. The third kappa shape index (κ3) is 3.18. The van der Waals surface area contributed by atoms with Gasteiger partial charge in [-0.05, 0) is 0 Å². The van der Waals surface area contributed by atoms with Crippen molar-refractivity contribution in [2.24, 2.45) is 5.73 Å². The number of nitrogens with two attached hydrogens (primary N) is 1. The summed E-state index contributed by atoms with van der Waals surface area (Å²) in [5.41, 5.74) is 4.63. The lowest BCUT2D eigenvalue weighted by molar-refractivity contribution is -0.307. The zero-order valence-electron chi connectivity index (χ0n) is 5.03. The van der Waals surface area contributed by atoms with Crippen LogP contribution in [0.15, 0.2) is 0 Å². The molecule has 0 aromatic rings. The van der Waals surface area contributed by atoms with E-state index < -0.39 is 18.0 Å². The maximum atomic E-state index is 10.1. The van der Waals surface area contributed by atoms with Gasteiger partial charge in [0.25, 0.3) is 0 Å². The van der Waals surface area contributed by atoms with Gasteiger partial charge < -0.3 is 21.0 Å². The van der Waals surface area contributed by atoms with Crippen LogP contribution < -0.4 is 16.2 Å². The Hall–Kier alpha value is -0.910. The number of rotatable bonds is 3. The summed E-state index contributed by atoms with van der Waals surface area (Å²) in [6.07, 6.45) is 0. The fourth-order valence-electron chi connectivity index (χ4n) is 0.351. The van der Waals surface area contributed by atoms with Gasteiger partial charge in [0.1, 0.15) is 0 Å². The lowest BCUT2D eigenvalue weighted by Crippen LogP contribution is -2.50. The highest BCUT2D eigenvalue weighted by Crippen LogP contribution is 1.84. The highest BCUT2D eigenvalue weighted by atomic mass is 32.1. The van der Waals surface area contributed by atoms with Crippen LogP contribution in [-0.2, 0) is 4.79 Å². The molecule has 0 fully saturated rings. The molecule has 0 aliphatic rings. The molecule has 0 aliphatic heterocycles. The zero-order valence-corrected chi connectivity index (χ0v) is 5.93. The van der Waals surface area contributed by atoms with E-state index in [1.54, 1.807) is 0 Å². The summed E-state index contributed by atoms with van der Waals surface area (Å²) >= 11 is 3.64. The third-order valence-electron chi connectivity index (χ3n) is 0.784. The highest BCUT2D eigenvalue weighted by Gasteiger charge is 2.07. The molecule has 0 unspecified atom stereocenters. The number of urea groups is 1. The summed E-state index contributed by atoms with van der Waals surface area (Å²) in [5, 5.41) is 12.0. The second-order valence-electron chi connectivity index (χ2n) is 1.56. The summed E-state index contributed by atoms with van der Waals surface area (Å²) < 4.78 is 0. The van der Waals surface area contributed by atoms with Gasteiger partial charge in [-0.1, -0.05) is 0 Å². The van der Waals surface area contributed by atoms with Crippen molar-refractivity contribution >= 4 is 24.6 Å². The number of carboxylic acids is 1. The number of carbonyl (C=O) groups is 2. The minimum atomic E-state index is -1.39. The van der Waals surface area contributed by atoms with Gasteiger partial charge in [-0.25, -0.2) is 4.79 Å². The molecule has 1 atom stereocenters. The van der Waals surface area contributed by atoms with E-state index in [4.69, 9.17) is 0 Å². The first-order chi connectivity index (χ1) is 4.57. The number of nitrogens with one attached hydrogen (secondary N) is 1. The fourth-order valence-corrected chi connectivity index (χ4v) is 0.591. The largest absolute Gasteiger partial charge is 0.548 e. The second kappa shape index (κ2) is 3.99. The van der Waals surface area contributed by atoms with Gasteiger partial charge in [-0.2, -0.15) is 12.6 Å². The number of amides is 2. The Balaban J connectivity index is 3.83. The first-order valence-corrected chi connectivity index (χ1v) is 3.09. The smallest absolute Gasteiger partial charge is 0.312 e. The third-order valence-corrected chi connectivity index (χ3v) is 1.15. The molecule has 0 spiro atoms. The van der Waals surface area contributed by atoms with E-state index in [-0.39, 0.29) is 5.75 Å². The van der Waals surface area contributed by atoms with Crippen LogP contribution in [0.25, 0.3) is 0 Å². The lowest BCUT2D eigenvalue weighted by Gasteiger charge is -2.14. The van der Waals surface area contributed by atoms with E-state index >= 15 is 0 Å². The normalized spacial score (nSPS) is 12.1. The summed E-state index contributed by atoms with van der Waals surface area (Å²) in [6, 6.07) is -2.01. The van der Waals surface area contributed by atoms with Crippen molar-refractivity contribution in [1.82, 2.24) is 5.32 Å². The molecule has 0 saturated carbocycles. The van der Waals surface area contributed by atoms with E-state index in [0.29, 0.717) is 0 Å². The Morgan fingerprint density at radius 1 is 1.70 bits per heavy atom. The van der Waals surface area contributed by atoms with Crippen LogP contribution in [0.5, 0.6) is 0 Å². The summed E-state index contributed by atoms with van der Waals surface area (Å²) in [6.45, 7) is 0.